The maximum atomic E-state index is 11.5. The van der Waals surface area contributed by atoms with Crippen LogP contribution in [0.25, 0.3) is 0 Å². The molecule has 0 heterocycles. The van der Waals surface area contributed by atoms with Crippen molar-refractivity contribution < 1.29 is 14.6 Å². The Hall–Kier alpha value is -0.650. The van der Waals surface area contributed by atoms with Crippen molar-refractivity contribution in [3.05, 3.63) is 0 Å². The summed E-state index contributed by atoms with van der Waals surface area (Å²) in [5.74, 6) is 0.000408. The summed E-state index contributed by atoms with van der Waals surface area (Å²) in [7, 11) is 1.59. The number of amides is 1. The minimum Gasteiger partial charge on any atom is -0.388 e. The summed E-state index contributed by atoms with van der Waals surface area (Å²) in [6.45, 7) is 3.18. The zero-order valence-corrected chi connectivity index (χ0v) is 11.7. The number of ether oxygens (including phenoxy) is 1. The third kappa shape index (κ3) is 10.5. The zero-order valence-electron chi connectivity index (χ0n) is 11.7. The van der Waals surface area contributed by atoms with E-state index in [1.165, 1.54) is 0 Å². The van der Waals surface area contributed by atoms with Crippen LogP contribution >= 0.6 is 0 Å². The lowest BCUT2D eigenvalue weighted by atomic mass is 10.0. The molecule has 0 aliphatic heterocycles. The van der Waals surface area contributed by atoms with Crippen molar-refractivity contribution in [2.24, 2.45) is 5.73 Å². The number of hydrogen-bond acceptors (Lipinski definition) is 4. The maximum absolute atomic E-state index is 11.5. The van der Waals surface area contributed by atoms with Crippen molar-refractivity contribution in [1.82, 2.24) is 5.32 Å². The molecule has 0 aromatic carbocycles. The van der Waals surface area contributed by atoms with Crippen LogP contribution < -0.4 is 11.1 Å². The minimum atomic E-state index is -0.898. The first-order chi connectivity index (χ1) is 8.52. The fraction of sp³-hybridized carbons (Fsp3) is 0.923. The zero-order chi connectivity index (χ0) is 13.9. The second-order valence-corrected chi connectivity index (χ2v) is 4.97. The van der Waals surface area contributed by atoms with Crippen molar-refractivity contribution in [2.45, 2.75) is 51.0 Å². The van der Waals surface area contributed by atoms with Gasteiger partial charge in [0.2, 0.25) is 5.91 Å². The van der Waals surface area contributed by atoms with Crippen molar-refractivity contribution >= 4 is 5.91 Å². The lowest BCUT2D eigenvalue weighted by Gasteiger charge is -2.23. The van der Waals surface area contributed by atoms with E-state index in [-0.39, 0.29) is 12.5 Å². The van der Waals surface area contributed by atoms with E-state index >= 15 is 0 Å². The Bertz CT molecular complexity index is 220. The molecule has 5 nitrogen and oxygen atoms in total. The molecule has 0 aromatic heterocycles. The minimum absolute atomic E-state index is 0.000408. The monoisotopic (exact) mass is 260 g/mol. The molecule has 0 fully saturated rings. The highest BCUT2D eigenvalue weighted by molar-refractivity contribution is 5.75. The Balaban J connectivity index is 3.56. The first kappa shape index (κ1) is 17.4. The molecular formula is C13H28N2O3. The second-order valence-electron chi connectivity index (χ2n) is 4.97. The Morgan fingerprint density at radius 1 is 1.33 bits per heavy atom. The van der Waals surface area contributed by atoms with Crippen molar-refractivity contribution in [3.8, 4) is 0 Å². The van der Waals surface area contributed by atoms with Gasteiger partial charge in [-0.1, -0.05) is 12.8 Å². The Kier molecular flexibility index (Phi) is 9.92. The van der Waals surface area contributed by atoms with Gasteiger partial charge in [-0.3, -0.25) is 4.79 Å². The van der Waals surface area contributed by atoms with E-state index in [1.54, 1.807) is 14.0 Å². The number of unbranched alkanes of at least 4 members (excludes halogenated alkanes) is 3. The summed E-state index contributed by atoms with van der Waals surface area (Å²) >= 11 is 0. The molecule has 4 N–H and O–H groups in total. The number of hydrogen-bond donors (Lipinski definition) is 3. The third-order valence-electron chi connectivity index (χ3n) is 2.87. The molecule has 0 aliphatic carbocycles. The van der Waals surface area contributed by atoms with E-state index in [4.69, 9.17) is 10.5 Å². The predicted octanol–water partition coefficient (Wildman–Crippen LogP) is 0.799. The van der Waals surface area contributed by atoms with Crippen LogP contribution in [0.1, 0.15) is 45.4 Å². The summed E-state index contributed by atoms with van der Waals surface area (Å²) in [5, 5.41) is 12.7. The molecule has 0 rings (SSSR count). The number of nitrogens with two attached hydrogens (primary N) is 1. The molecule has 1 unspecified atom stereocenters. The van der Waals surface area contributed by atoms with E-state index in [1.807, 2.05) is 0 Å². The fourth-order valence-electron chi connectivity index (χ4n) is 1.57. The summed E-state index contributed by atoms with van der Waals surface area (Å²) in [4.78, 5) is 11.5. The Morgan fingerprint density at radius 3 is 2.61 bits per heavy atom. The Morgan fingerprint density at radius 2 is 2.00 bits per heavy atom. The average molecular weight is 260 g/mol. The number of carbonyl (C=O) groups excluding carboxylic acids is 1. The fourth-order valence-corrected chi connectivity index (χ4v) is 1.57. The number of nitrogens with one attached hydrogen (secondary N) is 1. The van der Waals surface area contributed by atoms with Gasteiger partial charge in [-0.15, -0.1) is 0 Å². The van der Waals surface area contributed by atoms with Crippen LogP contribution in [0.5, 0.6) is 0 Å². The quantitative estimate of drug-likeness (QED) is 0.480. The SMILES string of the molecule is COCCC(C)(O)CNC(=O)CCCCCCN. The Labute approximate surface area is 110 Å². The van der Waals surface area contributed by atoms with Crippen LogP contribution in [0.15, 0.2) is 0 Å². The lowest BCUT2D eigenvalue weighted by molar-refractivity contribution is -0.122. The smallest absolute Gasteiger partial charge is 0.220 e. The van der Waals surface area contributed by atoms with E-state index in [9.17, 15) is 9.90 Å². The summed E-state index contributed by atoms with van der Waals surface area (Å²) in [5.41, 5.74) is 4.49. The highest BCUT2D eigenvalue weighted by Gasteiger charge is 2.20. The number of aliphatic hydroxyl groups is 1. The van der Waals surface area contributed by atoms with E-state index in [2.05, 4.69) is 5.32 Å². The summed E-state index contributed by atoms with van der Waals surface area (Å²) in [6.07, 6.45) is 5.05. The van der Waals surface area contributed by atoms with E-state index < -0.39 is 5.60 Å². The average Bonchev–Trinajstić information content (AvgIpc) is 2.34. The van der Waals surface area contributed by atoms with Crippen molar-refractivity contribution in [1.29, 1.82) is 0 Å². The van der Waals surface area contributed by atoms with Crippen LogP contribution in [-0.2, 0) is 9.53 Å². The third-order valence-corrected chi connectivity index (χ3v) is 2.87. The van der Waals surface area contributed by atoms with Crippen LogP contribution in [0.3, 0.4) is 0 Å². The molecule has 5 heteroatoms. The van der Waals surface area contributed by atoms with Crippen LogP contribution in [0.4, 0.5) is 0 Å². The van der Waals surface area contributed by atoms with Gasteiger partial charge in [0.05, 0.1) is 5.60 Å². The van der Waals surface area contributed by atoms with Gasteiger partial charge < -0.3 is 20.9 Å². The second kappa shape index (κ2) is 10.3. The van der Waals surface area contributed by atoms with Gasteiger partial charge in [-0.05, 0) is 26.3 Å². The van der Waals surface area contributed by atoms with Gasteiger partial charge in [-0.2, -0.15) is 0 Å². The number of methoxy groups -OCH3 is 1. The lowest BCUT2D eigenvalue weighted by Crippen LogP contribution is -2.41. The van der Waals surface area contributed by atoms with Crippen molar-refractivity contribution in [2.75, 3.05) is 26.8 Å². The van der Waals surface area contributed by atoms with Crippen LogP contribution in [-0.4, -0.2) is 43.4 Å². The molecule has 0 bridgehead atoms. The van der Waals surface area contributed by atoms with Crippen LogP contribution in [0, 0.1) is 0 Å². The normalized spacial score (nSPS) is 14.2. The summed E-state index contributed by atoms with van der Waals surface area (Å²) < 4.78 is 4.90. The van der Waals surface area contributed by atoms with Gasteiger partial charge >= 0.3 is 0 Å². The molecule has 18 heavy (non-hydrogen) atoms. The van der Waals surface area contributed by atoms with Crippen LogP contribution in [0.2, 0.25) is 0 Å². The highest BCUT2D eigenvalue weighted by atomic mass is 16.5. The highest BCUT2D eigenvalue weighted by Crippen LogP contribution is 2.08. The molecule has 0 aliphatic rings. The van der Waals surface area contributed by atoms with Gasteiger partial charge in [-0.25, -0.2) is 0 Å². The molecule has 0 spiro atoms. The first-order valence-electron chi connectivity index (χ1n) is 6.70. The predicted molar refractivity (Wildman–Crippen MR) is 72.3 cm³/mol. The maximum Gasteiger partial charge on any atom is 0.220 e. The molecule has 0 aromatic rings. The van der Waals surface area contributed by atoms with Gasteiger partial charge in [0.1, 0.15) is 0 Å². The van der Waals surface area contributed by atoms with Gasteiger partial charge in [0, 0.05) is 33.1 Å². The molecular weight excluding hydrogens is 232 g/mol. The number of carbonyl (C=O) groups is 1. The largest absolute Gasteiger partial charge is 0.388 e. The van der Waals surface area contributed by atoms with E-state index in [0.717, 1.165) is 25.7 Å². The molecule has 0 radical (unpaired) electrons. The molecule has 108 valence electrons. The number of rotatable bonds is 11. The summed E-state index contributed by atoms with van der Waals surface area (Å²) in [6, 6.07) is 0. The van der Waals surface area contributed by atoms with Crippen molar-refractivity contribution in [3.63, 3.8) is 0 Å². The standard InChI is InChI=1S/C13H28N2O3/c1-13(17,8-10-18-2)11-15-12(16)7-5-3-4-6-9-14/h17H,3-11,14H2,1-2H3,(H,15,16). The first-order valence-corrected chi connectivity index (χ1v) is 6.70. The molecule has 0 saturated heterocycles. The molecule has 1 atom stereocenters. The molecule has 1 amide bonds. The van der Waals surface area contributed by atoms with E-state index in [0.29, 0.717) is 26.0 Å². The van der Waals surface area contributed by atoms with Gasteiger partial charge in [0.25, 0.3) is 0 Å². The molecule has 0 saturated carbocycles. The van der Waals surface area contributed by atoms with Gasteiger partial charge in [0.15, 0.2) is 0 Å². The topological polar surface area (TPSA) is 84.6 Å².